The average molecular weight is 534 g/mol. The van der Waals surface area contributed by atoms with Crippen LogP contribution < -0.4 is 10.6 Å². The predicted octanol–water partition coefficient (Wildman–Crippen LogP) is 8.31. The molecule has 2 N–H and O–H groups in total. The molecule has 0 spiro atoms. The monoisotopic (exact) mass is 532 g/mol. The van der Waals surface area contributed by atoms with Crippen LogP contribution in [0.3, 0.4) is 0 Å². The van der Waals surface area contributed by atoms with Crippen molar-refractivity contribution < 1.29 is 0 Å². The highest BCUT2D eigenvalue weighted by atomic mass is 35.5. The molecule has 4 aromatic rings. The number of benzene rings is 2. The Morgan fingerprint density at radius 1 is 0.529 bits per heavy atom. The summed E-state index contributed by atoms with van der Waals surface area (Å²) in [5.74, 6) is 0. The van der Waals surface area contributed by atoms with Crippen molar-refractivity contribution in [2.75, 3.05) is 10.6 Å². The molecule has 0 unspecified atom stereocenters. The number of unbranched alkanes of at least 4 members (excludes halogenated alkanes) is 5. The Balaban J connectivity index is 1.05. The molecule has 0 fully saturated rings. The molecule has 0 aliphatic carbocycles. The third kappa shape index (κ3) is 8.20. The van der Waals surface area contributed by atoms with Gasteiger partial charge in [0.15, 0.2) is 0 Å². The van der Waals surface area contributed by atoms with E-state index in [9.17, 15) is 0 Å². The molecule has 0 aliphatic rings. The Morgan fingerprint density at radius 3 is 1.32 bits per heavy atom. The zero-order valence-electron chi connectivity index (χ0n) is 18.6. The highest BCUT2D eigenvalue weighted by Gasteiger charge is 2.06. The van der Waals surface area contributed by atoms with Crippen molar-refractivity contribution in [2.45, 2.75) is 51.4 Å². The second kappa shape index (κ2) is 13.0. The number of nitrogens with one attached hydrogen (secondary N) is 2. The van der Waals surface area contributed by atoms with Crippen molar-refractivity contribution in [3.8, 4) is 0 Å². The highest BCUT2D eigenvalue weighted by Crippen LogP contribution is 2.25. The normalized spacial score (nSPS) is 11.0. The topological polar surface area (TPSA) is 75.6 Å². The van der Waals surface area contributed by atoms with Gasteiger partial charge in [-0.05, 0) is 61.4 Å². The van der Waals surface area contributed by atoms with Crippen LogP contribution >= 0.6 is 45.9 Å². The van der Waals surface area contributed by atoms with E-state index in [1.54, 1.807) is 22.7 Å². The molecule has 0 saturated heterocycles. The van der Waals surface area contributed by atoms with E-state index in [1.807, 2.05) is 48.5 Å². The van der Waals surface area contributed by atoms with E-state index in [-0.39, 0.29) is 0 Å². The number of aromatic nitrogens is 4. The maximum atomic E-state index is 5.92. The quantitative estimate of drug-likeness (QED) is 0.168. The van der Waals surface area contributed by atoms with Crippen LogP contribution in [0.25, 0.3) is 0 Å². The van der Waals surface area contributed by atoms with Crippen LogP contribution in [0.2, 0.25) is 10.0 Å². The van der Waals surface area contributed by atoms with E-state index >= 15 is 0 Å². The van der Waals surface area contributed by atoms with Gasteiger partial charge in [0.2, 0.25) is 10.3 Å². The van der Waals surface area contributed by atoms with Gasteiger partial charge in [-0.2, -0.15) is 0 Å². The Kier molecular flexibility index (Phi) is 9.50. The molecule has 0 aliphatic heterocycles. The van der Waals surface area contributed by atoms with Crippen LogP contribution in [-0.2, 0) is 12.8 Å². The number of nitrogens with zero attached hydrogens (tertiary/aromatic N) is 4. The second-order valence-corrected chi connectivity index (χ2v) is 10.9. The van der Waals surface area contributed by atoms with Gasteiger partial charge in [0.05, 0.1) is 0 Å². The van der Waals surface area contributed by atoms with Gasteiger partial charge >= 0.3 is 0 Å². The Bertz CT molecular complexity index is 1050. The van der Waals surface area contributed by atoms with Gasteiger partial charge in [0.1, 0.15) is 10.0 Å². The lowest BCUT2D eigenvalue weighted by molar-refractivity contribution is 0.591. The molecule has 4 rings (SSSR count). The first kappa shape index (κ1) is 24.9. The number of aryl methyl sites for hydroxylation is 2. The maximum absolute atomic E-state index is 5.92. The molecular weight excluding hydrogens is 507 g/mol. The van der Waals surface area contributed by atoms with Crippen molar-refractivity contribution in [3.05, 3.63) is 68.6 Å². The molecule has 6 nitrogen and oxygen atoms in total. The molecular formula is C24H26Cl2N6S2. The first-order chi connectivity index (χ1) is 16.6. The van der Waals surface area contributed by atoms with Gasteiger partial charge in [0, 0.05) is 34.3 Å². The molecule has 0 saturated carbocycles. The first-order valence-corrected chi connectivity index (χ1v) is 13.7. The Labute approximate surface area is 217 Å². The van der Waals surface area contributed by atoms with Crippen molar-refractivity contribution in [1.29, 1.82) is 0 Å². The van der Waals surface area contributed by atoms with Crippen molar-refractivity contribution in [2.24, 2.45) is 0 Å². The van der Waals surface area contributed by atoms with Gasteiger partial charge in [0.25, 0.3) is 0 Å². The van der Waals surface area contributed by atoms with E-state index < -0.39 is 0 Å². The minimum atomic E-state index is 0.723. The van der Waals surface area contributed by atoms with Gasteiger partial charge in [-0.3, -0.25) is 0 Å². The lowest BCUT2D eigenvalue weighted by atomic mass is 10.1. The van der Waals surface area contributed by atoms with E-state index in [0.29, 0.717) is 0 Å². The molecule has 10 heteroatoms. The zero-order chi connectivity index (χ0) is 23.6. The number of hydrogen-bond acceptors (Lipinski definition) is 8. The zero-order valence-corrected chi connectivity index (χ0v) is 21.8. The van der Waals surface area contributed by atoms with E-state index in [0.717, 1.165) is 67.4 Å². The number of rotatable bonds is 13. The van der Waals surface area contributed by atoms with Gasteiger partial charge < -0.3 is 10.6 Å². The number of hydrogen-bond donors (Lipinski definition) is 2. The third-order valence-electron chi connectivity index (χ3n) is 5.16. The molecule has 2 heterocycles. The highest BCUT2D eigenvalue weighted by molar-refractivity contribution is 7.15. The van der Waals surface area contributed by atoms with Crippen LogP contribution in [0.5, 0.6) is 0 Å². The Hall–Kier alpha value is -2.26. The van der Waals surface area contributed by atoms with Gasteiger partial charge in [-0.25, -0.2) is 0 Å². The number of halogens is 2. The van der Waals surface area contributed by atoms with E-state index in [4.69, 9.17) is 23.2 Å². The first-order valence-electron chi connectivity index (χ1n) is 11.3. The van der Waals surface area contributed by atoms with Crippen LogP contribution in [-0.4, -0.2) is 20.4 Å². The standard InChI is InChI=1S/C24H26Cl2N6S2/c25-17-9-13-19(14-10-17)27-23-31-29-21(33-23)7-5-3-1-2-4-6-8-22-30-32-24(34-22)28-20-15-11-18(26)12-16-20/h9-16H,1-8H2,(H,27,31)(H,28,32). The minimum Gasteiger partial charge on any atom is -0.330 e. The molecule has 0 amide bonds. The fourth-order valence-electron chi connectivity index (χ4n) is 3.38. The maximum Gasteiger partial charge on any atom is 0.210 e. The van der Waals surface area contributed by atoms with Crippen LogP contribution in [0, 0.1) is 0 Å². The van der Waals surface area contributed by atoms with E-state index in [1.165, 1.54) is 25.7 Å². The lowest BCUT2D eigenvalue weighted by Crippen LogP contribution is -1.88. The molecule has 2 aromatic carbocycles. The van der Waals surface area contributed by atoms with Crippen LogP contribution in [0.15, 0.2) is 48.5 Å². The van der Waals surface area contributed by atoms with Crippen LogP contribution in [0.1, 0.15) is 48.5 Å². The summed E-state index contributed by atoms with van der Waals surface area (Å²) in [6.45, 7) is 0. The van der Waals surface area contributed by atoms with Crippen LogP contribution in [0.4, 0.5) is 21.6 Å². The van der Waals surface area contributed by atoms with Gasteiger partial charge in [-0.1, -0.05) is 71.6 Å². The summed E-state index contributed by atoms with van der Waals surface area (Å²) in [7, 11) is 0. The second-order valence-electron chi connectivity index (χ2n) is 7.89. The number of anilines is 4. The molecule has 0 radical (unpaired) electrons. The minimum absolute atomic E-state index is 0.723. The SMILES string of the molecule is Clc1ccc(Nc2nnc(CCCCCCCCc3nnc(Nc4ccc(Cl)cc4)s3)s2)cc1. The van der Waals surface area contributed by atoms with Crippen molar-refractivity contribution >= 4 is 67.5 Å². The van der Waals surface area contributed by atoms with Crippen molar-refractivity contribution in [3.63, 3.8) is 0 Å². The molecule has 178 valence electrons. The molecule has 0 atom stereocenters. The molecule has 34 heavy (non-hydrogen) atoms. The summed E-state index contributed by atoms with van der Waals surface area (Å²) in [5, 5.41) is 28.9. The summed E-state index contributed by atoms with van der Waals surface area (Å²) in [4.78, 5) is 0. The summed E-state index contributed by atoms with van der Waals surface area (Å²) in [5.41, 5.74) is 1.93. The summed E-state index contributed by atoms with van der Waals surface area (Å²) in [6.07, 6.45) is 9.17. The predicted molar refractivity (Wildman–Crippen MR) is 144 cm³/mol. The summed E-state index contributed by atoms with van der Waals surface area (Å²) < 4.78 is 0. The smallest absolute Gasteiger partial charge is 0.210 e. The summed E-state index contributed by atoms with van der Waals surface area (Å²) in [6, 6.07) is 15.2. The molecule has 0 bridgehead atoms. The van der Waals surface area contributed by atoms with Gasteiger partial charge in [-0.15, -0.1) is 20.4 Å². The molecule has 2 aromatic heterocycles. The summed E-state index contributed by atoms with van der Waals surface area (Å²) >= 11 is 15.1. The third-order valence-corrected chi connectivity index (χ3v) is 7.46. The Morgan fingerprint density at radius 2 is 0.912 bits per heavy atom. The largest absolute Gasteiger partial charge is 0.330 e. The average Bonchev–Trinajstić information content (AvgIpc) is 3.48. The fraction of sp³-hybridized carbons (Fsp3) is 0.333. The fourth-order valence-corrected chi connectivity index (χ4v) is 5.24. The van der Waals surface area contributed by atoms with E-state index in [2.05, 4.69) is 31.0 Å². The van der Waals surface area contributed by atoms with Crippen molar-refractivity contribution in [1.82, 2.24) is 20.4 Å². The lowest BCUT2D eigenvalue weighted by Gasteiger charge is -2.01.